The van der Waals surface area contributed by atoms with Crippen molar-refractivity contribution >= 4 is 62.3 Å². The highest BCUT2D eigenvalue weighted by Crippen LogP contribution is 2.35. The molecule has 14 heteroatoms. The van der Waals surface area contributed by atoms with Crippen LogP contribution in [0.1, 0.15) is 69.6 Å². The van der Waals surface area contributed by atoms with Gasteiger partial charge in [-0.1, -0.05) is 32.0 Å². The van der Waals surface area contributed by atoms with Gasteiger partial charge in [-0.15, -0.1) is 0 Å². The van der Waals surface area contributed by atoms with Gasteiger partial charge in [-0.25, -0.2) is 19.9 Å². The maximum absolute atomic E-state index is 9.18. The average molecular weight is 788 g/mol. The van der Waals surface area contributed by atoms with Crippen LogP contribution in [0, 0.1) is 18.8 Å². The van der Waals surface area contributed by atoms with Gasteiger partial charge in [0.1, 0.15) is 23.2 Å². The summed E-state index contributed by atoms with van der Waals surface area (Å²) in [5, 5.41) is 2.12. The predicted molar refractivity (Wildman–Crippen MR) is 226 cm³/mol. The molecule has 0 radical (unpaired) electrons. The molecule has 3 aromatic heterocycles. The van der Waals surface area contributed by atoms with E-state index in [1.54, 1.807) is 13.3 Å². The summed E-state index contributed by atoms with van der Waals surface area (Å²) >= 11 is 0. The van der Waals surface area contributed by atoms with Gasteiger partial charge in [0.15, 0.2) is 22.6 Å². The summed E-state index contributed by atoms with van der Waals surface area (Å²) in [5.74, 6) is 5.34. The molecule has 2 aromatic carbocycles. The number of hydrogen-bond donors (Lipinski definition) is 4. The van der Waals surface area contributed by atoms with Crippen molar-refractivity contribution in [2.75, 3.05) is 55.4 Å². The van der Waals surface area contributed by atoms with E-state index in [4.69, 9.17) is 24.5 Å². The third-order valence-corrected chi connectivity index (χ3v) is 11.3. The number of piperidine rings is 2. The molecule has 2 aliphatic heterocycles. The van der Waals surface area contributed by atoms with Gasteiger partial charge in [-0.3, -0.25) is 4.98 Å². The average Bonchev–Trinajstić information content (AvgIpc) is 3.22. The van der Waals surface area contributed by atoms with Gasteiger partial charge in [0, 0.05) is 67.7 Å². The van der Waals surface area contributed by atoms with Gasteiger partial charge < -0.3 is 34.1 Å². The van der Waals surface area contributed by atoms with Crippen LogP contribution in [-0.2, 0) is 0 Å². The van der Waals surface area contributed by atoms with Crippen LogP contribution in [0.4, 0.5) is 11.6 Å². The van der Waals surface area contributed by atoms with E-state index in [-0.39, 0.29) is 0 Å². The molecule has 0 aliphatic carbocycles. The van der Waals surface area contributed by atoms with Crippen LogP contribution < -0.4 is 14.5 Å². The number of benzene rings is 2. The zero-order valence-corrected chi connectivity index (χ0v) is 34.2. The first kappa shape index (κ1) is 42.3. The first-order chi connectivity index (χ1) is 26.7. The summed E-state index contributed by atoms with van der Waals surface area (Å²) in [5.41, 5.74) is 2.86. The molecule has 7 rings (SSSR count). The highest BCUT2D eigenvalue weighted by molar-refractivity contribution is 7.45. The van der Waals surface area contributed by atoms with Crippen LogP contribution in [0.15, 0.2) is 67.0 Å². The third-order valence-electron chi connectivity index (χ3n) is 10.0. The van der Waals surface area contributed by atoms with Crippen molar-refractivity contribution in [2.24, 2.45) is 11.8 Å². The minimum Gasteiger partial charge on any atom is -0.497 e. The number of anilines is 2. The van der Waals surface area contributed by atoms with E-state index in [0.29, 0.717) is 30.0 Å². The molecular formula is C41H55N7O5P2. The molecule has 2 fully saturated rings. The summed E-state index contributed by atoms with van der Waals surface area (Å²) in [4.78, 5) is 64.1. The van der Waals surface area contributed by atoms with Gasteiger partial charge in [0.05, 0.1) is 18.1 Å². The number of hydrogen-bond acceptors (Lipinski definition) is 12. The Bertz CT molecular complexity index is 1950. The van der Waals surface area contributed by atoms with E-state index < -0.39 is 16.8 Å². The molecule has 0 unspecified atom stereocenters. The number of aryl methyl sites for hydroxylation is 1. The molecule has 2 aliphatic rings. The van der Waals surface area contributed by atoms with Gasteiger partial charge in [0.25, 0.3) is 0 Å². The Kier molecular flexibility index (Phi) is 16.5. The van der Waals surface area contributed by atoms with E-state index in [9.17, 15) is 9.79 Å². The molecule has 55 heavy (non-hydrogen) atoms. The van der Waals surface area contributed by atoms with Crippen LogP contribution in [0.25, 0.3) is 34.0 Å². The van der Waals surface area contributed by atoms with Gasteiger partial charge in [-0.05, 0) is 105 Å². The lowest BCUT2D eigenvalue weighted by Crippen LogP contribution is -2.34. The summed E-state index contributed by atoms with van der Waals surface area (Å²) in [6, 6.07) is 18.0. The highest BCUT2D eigenvalue weighted by Gasteiger charge is 2.24. The lowest BCUT2D eigenvalue weighted by molar-refractivity contribution is 0.386. The van der Waals surface area contributed by atoms with Crippen LogP contribution >= 0.6 is 16.8 Å². The van der Waals surface area contributed by atoms with E-state index in [1.165, 1.54) is 0 Å². The highest BCUT2D eigenvalue weighted by atomic mass is 31.2. The van der Waals surface area contributed by atoms with Crippen LogP contribution in [0.2, 0.25) is 0 Å². The molecule has 12 nitrogen and oxygen atoms in total. The van der Waals surface area contributed by atoms with Crippen molar-refractivity contribution in [3.8, 4) is 5.75 Å². The Morgan fingerprint density at radius 1 is 0.709 bits per heavy atom. The van der Waals surface area contributed by atoms with E-state index in [1.807, 2.05) is 87.7 Å². The Labute approximate surface area is 327 Å². The third kappa shape index (κ3) is 12.3. The molecule has 4 N–H and O–H groups in total. The van der Waals surface area contributed by atoms with Crippen molar-refractivity contribution in [3.63, 3.8) is 0 Å². The summed E-state index contributed by atoms with van der Waals surface area (Å²) in [7, 11) is -1.88. The molecular weight excluding hydrogens is 732 g/mol. The van der Waals surface area contributed by atoms with Crippen molar-refractivity contribution in [2.45, 2.75) is 59.3 Å². The van der Waals surface area contributed by atoms with Crippen molar-refractivity contribution in [1.82, 2.24) is 24.9 Å². The first-order valence-electron chi connectivity index (χ1n) is 19.2. The molecule has 0 spiro atoms. The van der Waals surface area contributed by atoms with E-state index in [0.717, 1.165) is 115 Å². The largest absolute Gasteiger partial charge is 0.497 e. The number of nitrogens with zero attached hydrogens (tertiary/aromatic N) is 7. The Hall–Kier alpha value is -3.89. The number of aromatic nitrogens is 5. The SMILES string of the molecule is CC.COc1ccc2c(N3CCC(CCP(O)O)CC3)nc(C)nc2c1.OP(O)CCC1CCN(c2nc(/C=C/c3cccnc3)nc3ccccc23)CC1. The van der Waals surface area contributed by atoms with Crippen LogP contribution in [0.5, 0.6) is 5.75 Å². The second-order valence-electron chi connectivity index (χ2n) is 13.6. The van der Waals surface area contributed by atoms with Crippen LogP contribution in [0.3, 0.4) is 0 Å². The van der Waals surface area contributed by atoms with E-state index in [2.05, 4.69) is 30.8 Å². The minimum atomic E-state index is -1.78. The van der Waals surface area contributed by atoms with Crippen LogP contribution in [-0.4, -0.2) is 90.1 Å². The van der Waals surface area contributed by atoms with E-state index >= 15 is 0 Å². The lowest BCUT2D eigenvalue weighted by Gasteiger charge is -2.33. The first-order valence-corrected chi connectivity index (χ1v) is 22.1. The second-order valence-corrected chi connectivity index (χ2v) is 16.0. The quantitative estimate of drug-likeness (QED) is 0.0958. The molecule has 0 atom stereocenters. The number of pyridine rings is 1. The molecule has 0 amide bonds. The zero-order chi connectivity index (χ0) is 39.2. The normalized spacial score (nSPS) is 15.4. The molecule has 5 heterocycles. The maximum Gasteiger partial charge on any atom is 0.164 e. The molecule has 0 bridgehead atoms. The molecule has 294 valence electrons. The molecule has 5 aromatic rings. The topological polar surface area (TPSA) is 161 Å². The number of para-hydroxylation sites is 1. The second kappa shape index (κ2) is 21.4. The lowest BCUT2D eigenvalue weighted by atomic mass is 9.94. The Morgan fingerprint density at radius 2 is 1.31 bits per heavy atom. The Balaban J connectivity index is 0.000000205. The van der Waals surface area contributed by atoms with Crippen molar-refractivity contribution in [1.29, 1.82) is 0 Å². The summed E-state index contributed by atoms with van der Waals surface area (Å²) in [6.45, 7) is 9.65. The van der Waals surface area contributed by atoms with Crippen molar-refractivity contribution in [3.05, 3.63) is 84.2 Å². The monoisotopic (exact) mass is 787 g/mol. The molecule has 2 saturated heterocycles. The summed E-state index contributed by atoms with van der Waals surface area (Å²) < 4.78 is 5.29. The number of ether oxygens (including phenoxy) is 1. The van der Waals surface area contributed by atoms with Gasteiger partial charge >= 0.3 is 0 Å². The van der Waals surface area contributed by atoms with Crippen molar-refractivity contribution < 1.29 is 24.3 Å². The smallest absolute Gasteiger partial charge is 0.164 e. The van der Waals surface area contributed by atoms with Gasteiger partial charge in [-0.2, -0.15) is 0 Å². The summed E-state index contributed by atoms with van der Waals surface area (Å²) in [6.07, 6.45) is 14.5. The fraction of sp³-hybridized carbons (Fsp3) is 0.439. The number of methoxy groups -OCH3 is 1. The number of fused-ring (bicyclic) bond motifs is 2. The Morgan fingerprint density at radius 3 is 1.89 bits per heavy atom. The zero-order valence-electron chi connectivity index (χ0n) is 32.4. The fourth-order valence-corrected chi connectivity index (χ4v) is 8.27. The predicted octanol–water partition coefficient (Wildman–Crippen LogP) is 7.97. The number of rotatable bonds is 11. The molecule has 0 saturated carbocycles. The minimum absolute atomic E-state index is 0.514. The van der Waals surface area contributed by atoms with Gasteiger partial charge in [0.2, 0.25) is 0 Å². The fourth-order valence-electron chi connectivity index (χ4n) is 7.08. The standard InChI is InChI=1S/C22H25N4O2P.C17H24N3O3P.C2H6/c27-29(28)15-11-17-9-13-26(14-10-17)22-19-5-1-2-6-20(19)24-21(25-22)8-7-18-4-3-12-23-16-18;1-12-18-16-11-14(23-2)3-4-15(16)17(19-12)20-8-5-13(6-9-20)7-10-24(21)22;1-2/h1-8,12,16-17,27-28H,9-11,13-15H2;3-4,11,13,21-22H,5-10H2,1-2H3;1-2H3/b8-7+;;. The maximum atomic E-state index is 9.18.